The van der Waals surface area contributed by atoms with Crippen molar-refractivity contribution in [2.24, 2.45) is 0 Å². The van der Waals surface area contributed by atoms with Crippen molar-refractivity contribution >= 4 is 17.4 Å². The zero-order valence-electron chi connectivity index (χ0n) is 12.7. The lowest BCUT2D eigenvalue weighted by molar-refractivity contribution is -0.384. The fourth-order valence-corrected chi connectivity index (χ4v) is 2.77. The van der Waals surface area contributed by atoms with Gasteiger partial charge in [-0.25, -0.2) is 4.39 Å². The summed E-state index contributed by atoms with van der Waals surface area (Å²) in [5.74, 6) is 0.138. The third kappa shape index (κ3) is 4.20. The third-order valence-electron chi connectivity index (χ3n) is 3.35. The Morgan fingerprint density at radius 2 is 1.84 bits per heavy atom. The van der Waals surface area contributed by atoms with E-state index in [9.17, 15) is 19.6 Å². The molecule has 0 aliphatic rings. The van der Waals surface area contributed by atoms with Gasteiger partial charge in [0.1, 0.15) is 5.82 Å². The van der Waals surface area contributed by atoms with Crippen LogP contribution in [-0.4, -0.2) is 26.0 Å². The molecular formula is C16H12FN3O4S. The number of hydrogen-bond acceptors (Lipinski definition) is 7. The smallest absolute Gasteiger partial charge is 0.276 e. The Morgan fingerprint density at radius 1 is 1.16 bits per heavy atom. The molecule has 1 heterocycles. The summed E-state index contributed by atoms with van der Waals surface area (Å²) in [5, 5.41) is 28.8. The van der Waals surface area contributed by atoms with Crippen molar-refractivity contribution in [3.8, 4) is 11.5 Å². The van der Waals surface area contributed by atoms with E-state index in [4.69, 9.17) is 4.42 Å². The third-order valence-corrected chi connectivity index (χ3v) is 4.25. The minimum atomic E-state index is -0.841. The van der Waals surface area contributed by atoms with E-state index in [-0.39, 0.29) is 28.4 Å². The van der Waals surface area contributed by atoms with Crippen molar-refractivity contribution in [2.45, 2.75) is 11.3 Å². The number of nitro benzene ring substituents is 1. The second kappa shape index (κ2) is 7.41. The number of nitrogens with zero attached hydrogens (tertiary/aromatic N) is 3. The molecule has 7 nitrogen and oxygen atoms in total. The zero-order chi connectivity index (χ0) is 17.8. The summed E-state index contributed by atoms with van der Waals surface area (Å²) in [7, 11) is 0. The number of aromatic nitrogens is 2. The zero-order valence-corrected chi connectivity index (χ0v) is 13.5. The Hall–Kier alpha value is -2.78. The first-order valence-electron chi connectivity index (χ1n) is 7.17. The van der Waals surface area contributed by atoms with Gasteiger partial charge in [-0.15, -0.1) is 10.2 Å². The molecule has 0 aliphatic heterocycles. The van der Waals surface area contributed by atoms with Gasteiger partial charge in [-0.05, 0) is 42.0 Å². The van der Waals surface area contributed by atoms with Crippen LogP contribution in [0.1, 0.15) is 11.7 Å². The van der Waals surface area contributed by atoms with Crippen molar-refractivity contribution < 1.29 is 18.8 Å². The molecule has 9 heteroatoms. The molecule has 3 rings (SSSR count). The molecule has 128 valence electrons. The maximum atomic E-state index is 12.9. The number of benzene rings is 2. The summed E-state index contributed by atoms with van der Waals surface area (Å²) in [6, 6.07) is 11.3. The topological polar surface area (TPSA) is 102 Å². The van der Waals surface area contributed by atoms with Gasteiger partial charge in [0, 0.05) is 23.4 Å². The van der Waals surface area contributed by atoms with E-state index in [1.165, 1.54) is 48.5 Å². The largest absolute Gasteiger partial charge is 0.411 e. The molecule has 25 heavy (non-hydrogen) atoms. The molecule has 3 aromatic rings. The van der Waals surface area contributed by atoms with Crippen LogP contribution in [0.5, 0.6) is 0 Å². The molecule has 0 aliphatic carbocycles. The minimum absolute atomic E-state index is 0.0376. The van der Waals surface area contributed by atoms with Crippen LogP contribution in [0.25, 0.3) is 11.5 Å². The van der Waals surface area contributed by atoms with Crippen LogP contribution in [0.3, 0.4) is 0 Å². The van der Waals surface area contributed by atoms with Gasteiger partial charge < -0.3 is 9.52 Å². The molecule has 0 saturated carbocycles. The first kappa shape index (κ1) is 17.1. The fourth-order valence-electron chi connectivity index (χ4n) is 2.04. The van der Waals surface area contributed by atoms with Crippen molar-refractivity contribution in [3.63, 3.8) is 0 Å². The summed E-state index contributed by atoms with van der Waals surface area (Å²) in [5.41, 5.74) is 1.11. The van der Waals surface area contributed by atoms with Crippen LogP contribution >= 0.6 is 11.8 Å². The van der Waals surface area contributed by atoms with Crippen LogP contribution in [0, 0.1) is 15.9 Å². The number of hydrogen-bond donors (Lipinski definition) is 1. The number of aliphatic hydroxyl groups is 1. The Bertz CT molecular complexity index is 868. The van der Waals surface area contributed by atoms with E-state index in [0.717, 1.165) is 11.8 Å². The lowest BCUT2D eigenvalue weighted by Gasteiger charge is -2.08. The molecule has 0 amide bonds. The van der Waals surface area contributed by atoms with Gasteiger partial charge in [-0.3, -0.25) is 10.1 Å². The van der Waals surface area contributed by atoms with E-state index >= 15 is 0 Å². The molecule has 0 radical (unpaired) electrons. The Morgan fingerprint density at radius 3 is 2.48 bits per heavy atom. The molecular weight excluding hydrogens is 349 g/mol. The maximum Gasteiger partial charge on any atom is 0.276 e. The molecule has 0 bridgehead atoms. The monoisotopic (exact) mass is 361 g/mol. The predicted molar refractivity (Wildman–Crippen MR) is 88.5 cm³/mol. The molecule has 1 N–H and O–H groups in total. The Balaban J connectivity index is 1.61. The second-order valence-electron chi connectivity index (χ2n) is 5.06. The van der Waals surface area contributed by atoms with Gasteiger partial charge in [0.25, 0.3) is 10.9 Å². The average Bonchev–Trinajstić information content (AvgIpc) is 3.09. The molecule has 0 saturated heterocycles. The number of non-ortho nitro benzene ring substituents is 1. The quantitative estimate of drug-likeness (QED) is 0.406. The summed E-state index contributed by atoms with van der Waals surface area (Å²) in [6.07, 6.45) is -0.841. The minimum Gasteiger partial charge on any atom is -0.411 e. The first-order valence-corrected chi connectivity index (χ1v) is 8.16. The van der Waals surface area contributed by atoms with Crippen LogP contribution in [0.4, 0.5) is 10.1 Å². The second-order valence-corrected chi connectivity index (χ2v) is 6.03. The van der Waals surface area contributed by atoms with Crippen LogP contribution in [0.15, 0.2) is 58.2 Å². The molecule has 1 unspecified atom stereocenters. The highest BCUT2D eigenvalue weighted by Gasteiger charge is 2.14. The van der Waals surface area contributed by atoms with Gasteiger partial charge in [0.15, 0.2) is 0 Å². The number of nitro groups is 1. The first-order chi connectivity index (χ1) is 12.0. The Labute approximate surface area is 145 Å². The number of thioether (sulfide) groups is 1. The molecule has 1 atom stereocenters. The van der Waals surface area contributed by atoms with Crippen LogP contribution in [0.2, 0.25) is 0 Å². The van der Waals surface area contributed by atoms with Gasteiger partial charge in [-0.1, -0.05) is 11.8 Å². The Kier molecular flexibility index (Phi) is 5.05. The van der Waals surface area contributed by atoms with Crippen LogP contribution < -0.4 is 0 Å². The molecule has 2 aromatic carbocycles. The van der Waals surface area contributed by atoms with Gasteiger partial charge >= 0.3 is 0 Å². The summed E-state index contributed by atoms with van der Waals surface area (Å²) in [4.78, 5) is 10.1. The summed E-state index contributed by atoms with van der Waals surface area (Å²) in [6.45, 7) is 0. The molecule has 1 aromatic heterocycles. The van der Waals surface area contributed by atoms with Gasteiger partial charge in [0.05, 0.1) is 11.0 Å². The predicted octanol–water partition coefficient (Wildman–Crippen LogP) is 3.61. The lowest BCUT2D eigenvalue weighted by atomic mass is 10.1. The average molecular weight is 361 g/mol. The fraction of sp³-hybridized carbons (Fsp3) is 0.125. The summed E-state index contributed by atoms with van der Waals surface area (Å²) < 4.78 is 18.4. The van der Waals surface area contributed by atoms with E-state index in [1.807, 2.05) is 0 Å². The highest BCUT2D eigenvalue weighted by molar-refractivity contribution is 7.99. The van der Waals surface area contributed by atoms with Gasteiger partial charge in [-0.2, -0.15) is 0 Å². The SMILES string of the molecule is O=[N+]([O-])c1ccc(C(O)CSc2nnc(-c3ccc(F)cc3)o2)cc1. The van der Waals surface area contributed by atoms with Crippen LogP contribution in [-0.2, 0) is 0 Å². The summed E-state index contributed by atoms with van der Waals surface area (Å²) >= 11 is 1.15. The van der Waals surface area contributed by atoms with E-state index < -0.39 is 11.0 Å². The van der Waals surface area contributed by atoms with E-state index in [0.29, 0.717) is 11.1 Å². The van der Waals surface area contributed by atoms with Crippen molar-refractivity contribution in [1.82, 2.24) is 10.2 Å². The van der Waals surface area contributed by atoms with E-state index in [2.05, 4.69) is 10.2 Å². The molecule has 0 fully saturated rings. The standard InChI is InChI=1S/C16H12FN3O4S/c17-12-5-1-11(2-6-12)15-18-19-16(24-15)25-9-14(21)10-3-7-13(8-4-10)20(22)23/h1-8,14,21H,9H2. The normalized spacial score (nSPS) is 12.1. The van der Waals surface area contributed by atoms with Crippen molar-refractivity contribution in [1.29, 1.82) is 0 Å². The van der Waals surface area contributed by atoms with Gasteiger partial charge in [0.2, 0.25) is 5.89 Å². The lowest BCUT2D eigenvalue weighted by Crippen LogP contribution is -2.00. The van der Waals surface area contributed by atoms with Crippen molar-refractivity contribution in [3.05, 3.63) is 70.0 Å². The van der Waals surface area contributed by atoms with Crippen molar-refractivity contribution in [2.75, 3.05) is 5.75 Å². The molecule has 0 spiro atoms. The number of aliphatic hydroxyl groups excluding tert-OH is 1. The van der Waals surface area contributed by atoms with E-state index in [1.54, 1.807) is 0 Å². The number of halogens is 1. The number of rotatable bonds is 6. The highest BCUT2D eigenvalue weighted by atomic mass is 32.2. The maximum absolute atomic E-state index is 12.9. The highest BCUT2D eigenvalue weighted by Crippen LogP contribution is 2.27.